The van der Waals surface area contributed by atoms with Crippen molar-refractivity contribution < 1.29 is 19.1 Å². The van der Waals surface area contributed by atoms with Crippen LogP contribution < -0.4 is 5.73 Å². The Labute approximate surface area is 189 Å². The van der Waals surface area contributed by atoms with Gasteiger partial charge in [-0.05, 0) is 53.9 Å². The Morgan fingerprint density at radius 2 is 1.82 bits per heavy atom. The maximum absolute atomic E-state index is 12.4. The molecule has 0 aliphatic carbocycles. The third kappa shape index (κ3) is 3.52. The summed E-state index contributed by atoms with van der Waals surface area (Å²) in [5, 5.41) is 12.2. The van der Waals surface area contributed by atoms with Crippen LogP contribution in [0.1, 0.15) is 5.56 Å². The molecule has 3 N–H and O–H groups in total. The molecular formula is C26H23N3O4. The third-order valence-electron chi connectivity index (χ3n) is 6.06. The van der Waals surface area contributed by atoms with E-state index in [-0.39, 0.29) is 6.54 Å². The van der Waals surface area contributed by atoms with Crippen LogP contribution in [0.3, 0.4) is 0 Å². The van der Waals surface area contributed by atoms with Crippen LogP contribution >= 0.6 is 0 Å². The number of carboxylic acid groups (broad SMARTS) is 1. The summed E-state index contributed by atoms with van der Waals surface area (Å²) in [5.74, 6) is -0.502. The average molecular weight is 441 g/mol. The second-order valence-corrected chi connectivity index (χ2v) is 8.07. The van der Waals surface area contributed by atoms with Crippen molar-refractivity contribution in [1.82, 2.24) is 9.47 Å². The second-order valence-electron chi connectivity index (χ2n) is 8.07. The molecule has 166 valence electrons. The van der Waals surface area contributed by atoms with Crippen molar-refractivity contribution in [3.8, 4) is 11.1 Å². The van der Waals surface area contributed by atoms with E-state index in [1.54, 1.807) is 4.57 Å². The summed E-state index contributed by atoms with van der Waals surface area (Å²) < 4.78 is 7.83. The van der Waals surface area contributed by atoms with Gasteiger partial charge in [0.05, 0.1) is 0 Å². The summed E-state index contributed by atoms with van der Waals surface area (Å²) in [6, 6.07) is 20.1. The summed E-state index contributed by atoms with van der Waals surface area (Å²) in [6.45, 7) is 0.402. The predicted octanol–water partition coefficient (Wildman–Crippen LogP) is 4.85. The smallest absolute Gasteiger partial charge is 0.413 e. The Balaban J connectivity index is 1.65. The molecule has 0 aliphatic rings. The molecule has 2 aromatic heterocycles. The van der Waals surface area contributed by atoms with E-state index in [0.717, 1.165) is 49.5 Å². The summed E-state index contributed by atoms with van der Waals surface area (Å²) in [5.41, 5.74) is 11.5. The minimum atomic E-state index is -1.28. The van der Waals surface area contributed by atoms with Crippen molar-refractivity contribution in [2.24, 2.45) is 5.73 Å². The lowest BCUT2D eigenvalue weighted by Gasteiger charge is -2.12. The number of para-hydroxylation sites is 1. The third-order valence-corrected chi connectivity index (χ3v) is 6.06. The maximum atomic E-state index is 12.4. The van der Waals surface area contributed by atoms with E-state index < -0.39 is 12.0 Å². The number of furan rings is 1. The maximum Gasteiger partial charge on any atom is 0.413 e. The number of hydrogen-bond acceptors (Lipinski definition) is 4. The van der Waals surface area contributed by atoms with E-state index in [1.807, 2.05) is 48.7 Å². The van der Waals surface area contributed by atoms with Crippen LogP contribution in [0.25, 0.3) is 44.0 Å². The number of rotatable bonds is 5. The van der Waals surface area contributed by atoms with Crippen LogP contribution in [0.4, 0.5) is 4.79 Å². The molecule has 0 fully saturated rings. The average Bonchev–Trinajstić information content (AvgIpc) is 3.36. The van der Waals surface area contributed by atoms with Gasteiger partial charge in [0.15, 0.2) is 0 Å². The molecular weight excluding hydrogens is 418 g/mol. The molecule has 0 unspecified atom stereocenters. The number of nitrogens with two attached hydrogens (primary N) is 1. The van der Waals surface area contributed by atoms with E-state index in [1.165, 1.54) is 7.05 Å². The van der Waals surface area contributed by atoms with Crippen LogP contribution in [0.15, 0.2) is 71.3 Å². The lowest BCUT2D eigenvalue weighted by Crippen LogP contribution is -2.34. The number of carbonyl (C=O) groups excluding carboxylic acids is 1. The quantitative estimate of drug-likeness (QED) is 0.406. The predicted molar refractivity (Wildman–Crippen MR) is 128 cm³/mol. The van der Waals surface area contributed by atoms with E-state index >= 15 is 0 Å². The number of amides is 2. The first kappa shape index (κ1) is 20.8. The topological polar surface area (TPSA) is 102 Å². The number of likely N-dealkylation sites (N-methyl/N-ethyl adjacent to an activating group) is 1. The zero-order valence-electron chi connectivity index (χ0n) is 18.1. The zero-order chi connectivity index (χ0) is 23.1. The number of nitrogens with zero attached hydrogens (tertiary/aromatic N) is 2. The number of benzene rings is 3. The fourth-order valence-corrected chi connectivity index (χ4v) is 4.40. The highest BCUT2D eigenvalue weighted by molar-refractivity contribution is 6.12. The molecule has 0 bridgehead atoms. The van der Waals surface area contributed by atoms with E-state index in [0.29, 0.717) is 17.9 Å². The molecule has 33 heavy (non-hydrogen) atoms. The minimum absolute atomic E-state index is 0.0643. The van der Waals surface area contributed by atoms with E-state index in [4.69, 9.17) is 15.3 Å². The molecule has 7 heteroatoms. The fraction of sp³-hybridized carbons (Fsp3) is 0.154. The molecule has 2 heterocycles. The number of fused-ring (bicyclic) bond motifs is 4. The van der Waals surface area contributed by atoms with Crippen molar-refractivity contribution in [1.29, 1.82) is 0 Å². The van der Waals surface area contributed by atoms with Crippen molar-refractivity contribution in [3.63, 3.8) is 0 Å². The first-order valence-electron chi connectivity index (χ1n) is 10.7. The van der Waals surface area contributed by atoms with Gasteiger partial charge in [0, 0.05) is 34.9 Å². The number of carbonyl (C=O) groups is 2. The molecule has 3 aromatic carbocycles. The number of hydrogen-bond donors (Lipinski definition) is 2. The lowest BCUT2D eigenvalue weighted by atomic mass is 9.97. The molecule has 7 nitrogen and oxygen atoms in total. The van der Waals surface area contributed by atoms with Gasteiger partial charge in [0.1, 0.15) is 17.7 Å². The number of imide groups is 1. The van der Waals surface area contributed by atoms with Crippen molar-refractivity contribution in [2.45, 2.75) is 13.0 Å². The molecule has 5 aromatic rings. The van der Waals surface area contributed by atoms with Gasteiger partial charge in [-0.15, -0.1) is 0 Å². The summed E-state index contributed by atoms with van der Waals surface area (Å²) in [4.78, 5) is 24.2. The molecule has 2 amide bonds. The van der Waals surface area contributed by atoms with E-state index in [9.17, 15) is 9.59 Å². The molecule has 0 spiro atoms. The van der Waals surface area contributed by atoms with Crippen molar-refractivity contribution in [2.75, 3.05) is 13.6 Å². The van der Waals surface area contributed by atoms with Gasteiger partial charge in [-0.1, -0.05) is 36.4 Å². The number of aromatic nitrogens is 1. The van der Waals surface area contributed by atoms with Crippen molar-refractivity contribution >= 4 is 44.8 Å². The highest BCUT2D eigenvalue weighted by Crippen LogP contribution is 2.38. The van der Waals surface area contributed by atoms with Crippen LogP contribution in [-0.2, 0) is 17.8 Å². The van der Waals surface area contributed by atoms with Crippen LogP contribution in [0.2, 0.25) is 0 Å². The van der Waals surface area contributed by atoms with Gasteiger partial charge < -0.3 is 19.8 Å². The lowest BCUT2D eigenvalue weighted by molar-refractivity contribution is -0.128. The Morgan fingerprint density at radius 1 is 1.03 bits per heavy atom. The molecule has 5 rings (SSSR count). The minimum Gasteiger partial charge on any atom is -0.465 e. The van der Waals surface area contributed by atoms with E-state index in [2.05, 4.69) is 18.2 Å². The Hall–Kier alpha value is -4.10. The van der Waals surface area contributed by atoms with Crippen molar-refractivity contribution in [3.05, 3.63) is 72.4 Å². The SMILES string of the molecule is CN(C(=O)O)C(=O)Cn1cc(CCN)c2cc(-c3cccc4oc5ccccc5c34)ccc21. The molecule has 0 saturated heterocycles. The highest BCUT2D eigenvalue weighted by Gasteiger charge is 2.19. The normalized spacial score (nSPS) is 11.5. The monoisotopic (exact) mass is 441 g/mol. The molecule has 0 atom stereocenters. The van der Waals surface area contributed by atoms with Gasteiger partial charge in [-0.25, -0.2) is 9.69 Å². The largest absolute Gasteiger partial charge is 0.465 e. The Bertz CT molecular complexity index is 1530. The first-order valence-corrected chi connectivity index (χ1v) is 10.7. The van der Waals surface area contributed by atoms with Gasteiger partial charge in [-0.3, -0.25) is 4.79 Å². The standard InChI is InChI=1S/C26H23N3O4/c1-28(26(31)32)24(30)15-29-14-17(11-12-27)20-13-16(9-10-21(20)29)18-6-4-8-23-25(18)19-5-2-3-7-22(19)33-23/h2-10,13-14H,11-12,15,27H2,1H3,(H,31,32). The van der Waals surface area contributed by atoms with Gasteiger partial charge in [-0.2, -0.15) is 0 Å². The highest BCUT2D eigenvalue weighted by atomic mass is 16.4. The van der Waals surface area contributed by atoms with Crippen LogP contribution in [0, 0.1) is 0 Å². The molecule has 0 aliphatic heterocycles. The molecule has 0 radical (unpaired) electrons. The van der Waals surface area contributed by atoms with Crippen LogP contribution in [-0.4, -0.2) is 40.2 Å². The Kier molecular flexibility index (Phi) is 5.11. The zero-order valence-corrected chi connectivity index (χ0v) is 18.1. The van der Waals surface area contributed by atoms with Gasteiger partial charge >= 0.3 is 6.09 Å². The summed E-state index contributed by atoms with van der Waals surface area (Å²) in [7, 11) is 1.26. The van der Waals surface area contributed by atoms with Gasteiger partial charge in [0.2, 0.25) is 0 Å². The fourth-order valence-electron chi connectivity index (χ4n) is 4.40. The summed E-state index contributed by atoms with van der Waals surface area (Å²) >= 11 is 0. The van der Waals surface area contributed by atoms with Gasteiger partial charge in [0.25, 0.3) is 5.91 Å². The molecule has 0 saturated carbocycles. The summed E-state index contributed by atoms with van der Waals surface area (Å²) in [6.07, 6.45) is 1.26. The Morgan fingerprint density at radius 3 is 2.61 bits per heavy atom. The van der Waals surface area contributed by atoms with Crippen LogP contribution in [0.5, 0.6) is 0 Å². The second kappa shape index (κ2) is 8.11. The first-order chi connectivity index (χ1) is 16.0.